The maximum absolute atomic E-state index is 12.9. The molecule has 0 fully saturated rings. The van der Waals surface area contributed by atoms with Crippen LogP contribution < -0.4 is 4.74 Å². The van der Waals surface area contributed by atoms with Crippen molar-refractivity contribution in [3.8, 4) is 5.75 Å². The minimum Gasteiger partial charge on any atom is -0.496 e. The van der Waals surface area contributed by atoms with Gasteiger partial charge in [-0.1, -0.05) is 6.07 Å². The Morgan fingerprint density at radius 1 is 1.30 bits per heavy atom. The quantitative estimate of drug-likeness (QED) is 0.646. The van der Waals surface area contributed by atoms with Gasteiger partial charge in [0.25, 0.3) is 0 Å². The van der Waals surface area contributed by atoms with Crippen LogP contribution in [0.15, 0.2) is 16.6 Å². The number of hydrogen-bond donors (Lipinski definition) is 0. The van der Waals surface area contributed by atoms with Crippen molar-refractivity contribution in [2.45, 2.75) is 58.6 Å². The van der Waals surface area contributed by atoms with E-state index in [1.54, 1.807) is 18.9 Å². The lowest BCUT2D eigenvalue weighted by Gasteiger charge is -2.46. The second-order valence-corrected chi connectivity index (χ2v) is 8.54. The second kappa shape index (κ2) is 8.09. The van der Waals surface area contributed by atoms with E-state index < -0.39 is 17.2 Å². The number of rotatable bonds is 4. The van der Waals surface area contributed by atoms with E-state index in [1.807, 2.05) is 39.8 Å². The van der Waals surface area contributed by atoms with E-state index in [2.05, 4.69) is 15.9 Å². The Hall–Kier alpha value is -1.76. The van der Waals surface area contributed by atoms with Gasteiger partial charge in [0.15, 0.2) is 0 Å². The Morgan fingerprint density at radius 3 is 2.52 bits per heavy atom. The van der Waals surface area contributed by atoms with Gasteiger partial charge in [0, 0.05) is 6.54 Å². The van der Waals surface area contributed by atoms with E-state index in [0.29, 0.717) is 19.6 Å². The van der Waals surface area contributed by atoms with Crippen molar-refractivity contribution >= 4 is 28.0 Å². The topological polar surface area (TPSA) is 65.1 Å². The molecule has 1 heterocycles. The summed E-state index contributed by atoms with van der Waals surface area (Å²) >= 11 is 3.61. The molecule has 7 heteroatoms. The molecule has 0 saturated heterocycles. The lowest BCUT2D eigenvalue weighted by Crippen LogP contribution is -2.54. The smallest absolute Gasteiger partial charge is 0.411 e. The molecule has 1 atom stereocenters. The van der Waals surface area contributed by atoms with E-state index in [0.717, 1.165) is 21.3 Å². The first-order valence-corrected chi connectivity index (χ1v) is 9.85. The largest absolute Gasteiger partial charge is 0.496 e. The van der Waals surface area contributed by atoms with E-state index in [9.17, 15) is 9.59 Å². The molecule has 1 aliphatic heterocycles. The van der Waals surface area contributed by atoms with Crippen LogP contribution in [0.4, 0.5) is 4.79 Å². The van der Waals surface area contributed by atoms with Gasteiger partial charge in [0.05, 0.1) is 30.1 Å². The normalized spacial score (nSPS) is 19.3. The highest BCUT2D eigenvalue weighted by atomic mass is 79.9. The van der Waals surface area contributed by atoms with Gasteiger partial charge in [0.2, 0.25) is 0 Å². The number of nitrogens with zero attached hydrogens (tertiary/aromatic N) is 1. The molecule has 6 nitrogen and oxygen atoms in total. The minimum absolute atomic E-state index is 0.0475. The van der Waals surface area contributed by atoms with E-state index in [1.165, 1.54) is 0 Å². The van der Waals surface area contributed by atoms with Gasteiger partial charge >= 0.3 is 12.1 Å². The Morgan fingerprint density at radius 2 is 1.96 bits per heavy atom. The highest BCUT2D eigenvalue weighted by molar-refractivity contribution is 9.10. The van der Waals surface area contributed by atoms with Crippen LogP contribution in [0.1, 0.15) is 52.2 Å². The van der Waals surface area contributed by atoms with Gasteiger partial charge in [-0.05, 0) is 74.2 Å². The number of amides is 1. The zero-order valence-electron chi connectivity index (χ0n) is 16.8. The maximum Gasteiger partial charge on any atom is 0.411 e. The maximum atomic E-state index is 12.9. The third-order valence-electron chi connectivity index (χ3n) is 4.60. The average molecular weight is 442 g/mol. The van der Waals surface area contributed by atoms with Crippen molar-refractivity contribution in [2.75, 3.05) is 20.3 Å². The first kappa shape index (κ1) is 21.5. The third-order valence-corrected chi connectivity index (χ3v) is 5.47. The zero-order chi connectivity index (χ0) is 20.4. The number of fused-ring (bicyclic) bond motifs is 1. The molecule has 150 valence electrons. The lowest BCUT2D eigenvalue weighted by molar-refractivity contribution is -0.146. The van der Waals surface area contributed by atoms with Crippen molar-refractivity contribution in [1.29, 1.82) is 0 Å². The molecule has 0 radical (unpaired) electrons. The molecular formula is C20H28BrNO5. The molecule has 0 saturated carbocycles. The van der Waals surface area contributed by atoms with Gasteiger partial charge in [0.1, 0.15) is 11.4 Å². The number of halogens is 1. The van der Waals surface area contributed by atoms with Crippen molar-refractivity contribution in [3.63, 3.8) is 0 Å². The summed E-state index contributed by atoms with van der Waals surface area (Å²) in [6.45, 7) is 9.85. The van der Waals surface area contributed by atoms with Gasteiger partial charge in [-0.3, -0.25) is 9.69 Å². The fraction of sp³-hybridized carbons (Fsp3) is 0.600. The summed E-state index contributed by atoms with van der Waals surface area (Å²) in [5.41, 5.74) is 0.418. The summed E-state index contributed by atoms with van der Waals surface area (Å²) in [6.07, 6.45) is 0.239. The fourth-order valence-corrected chi connectivity index (χ4v) is 4.12. The standard InChI is InChI=1S/C20H28BrNO5/c1-7-26-16(23)12-20(5)14-8-9-15(25-6)17(21)13(14)10-11-22(20)18(24)27-19(2,3)4/h8-9H,7,10-12H2,1-6H3. The Bertz CT molecular complexity index is 728. The van der Waals surface area contributed by atoms with Crippen LogP contribution in [-0.2, 0) is 26.2 Å². The summed E-state index contributed by atoms with van der Waals surface area (Å²) in [7, 11) is 1.61. The molecule has 2 rings (SSSR count). The lowest BCUT2D eigenvalue weighted by atomic mass is 9.79. The number of methoxy groups -OCH3 is 1. The van der Waals surface area contributed by atoms with Crippen LogP contribution in [0.25, 0.3) is 0 Å². The molecule has 1 aromatic carbocycles. The van der Waals surface area contributed by atoms with Crippen molar-refractivity contribution in [3.05, 3.63) is 27.7 Å². The monoisotopic (exact) mass is 441 g/mol. The van der Waals surface area contributed by atoms with Gasteiger partial charge in [-0.2, -0.15) is 0 Å². The predicted molar refractivity (Wildman–Crippen MR) is 106 cm³/mol. The summed E-state index contributed by atoms with van der Waals surface area (Å²) in [5, 5.41) is 0. The molecule has 0 N–H and O–H groups in total. The Balaban J connectivity index is 2.52. The van der Waals surface area contributed by atoms with E-state index in [-0.39, 0.29) is 12.4 Å². The number of benzene rings is 1. The van der Waals surface area contributed by atoms with Crippen LogP contribution >= 0.6 is 15.9 Å². The Kier molecular flexibility index (Phi) is 6.45. The number of carbonyl (C=O) groups is 2. The number of carbonyl (C=O) groups excluding carboxylic acids is 2. The van der Waals surface area contributed by atoms with Crippen LogP contribution in [0.2, 0.25) is 0 Å². The molecule has 0 aliphatic carbocycles. The van der Waals surface area contributed by atoms with Crippen LogP contribution in [0.3, 0.4) is 0 Å². The second-order valence-electron chi connectivity index (χ2n) is 7.75. The van der Waals surface area contributed by atoms with Crippen molar-refractivity contribution in [1.82, 2.24) is 4.90 Å². The summed E-state index contributed by atoms with van der Waals surface area (Å²) < 4.78 is 17.0. The molecule has 27 heavy (non-hydrogen) atoms. The van der Waals surface area contributed by atoms with Crippen LogP contribution in [-0.4, -0.2) is 42.8 Å². The fourth-order valence-electron chi connectivity index (χ4n) is 3.42. The SMILES string of the molecule is CCOC(=O)CC1(C)c2ccc(OC)c(Br)c2CCN1C(=O)OC(C)(C)C. The number of hydrogen-bond acceptors (Lipinski definition) is 5. The number of ether oxygens (including phenoxy) is 3. The highest BCUT2D eigenvalue weighted by Crippen LogP contribution is 2.44. The number of esters is 1. The van der Waals surface area contributed by atoms with Crippen molar-refractivity contribution in [2.24, 2.45) is 0 Å². The molecule has 1 aromatic rings. The molecular weight excluding hydrogens is 414 g/mol. The highest BCUT2D eigenvalue weighted by Gasteiger charge is 2.45. The summed E-state index contributed by atoms with van der Waals surface area (Å²) in [4.78, 5) is 26.9. The van der Waals surface area contributed by atoms with Crippen LogP contribution in [0, 0.1) is 0 Å². The summed E-state index contributed by atoms with van der Waals surface area (Å²) in [6, 6.07) is 3.75. The average Bonchev–Trinajstić information content (AvgIpc) is 2.54. The Labute approximate surface area is 169 Å². The van der Waals surface area contributed by atoms with Crippen LogP contribution in [0.5, 0.6) is 5.75 Å². The minimum atomic E-state index is -0.878. The first-order valence-electron chi connectivity index (χ1n) is 9.05. The van der Waals surface area contributed by atoms with Crippen molar-refractivity contribution < 1.29 is 23.8 Å². The van der Waals surface area contributed by atoms with Gasteiger partial charge in [-0.15, -0.1) is 0 Å². The molecule has 0 bridgehead atoms. The molecule has 0 aromatic heterocycles. The predicted octanol–water partition coefficient (Wildman–Crippen LogP) is 4.42. The molecule has 1 amide bonds. The molecule has 1 aliphatic rings. The molecule has 1 unspecified atom stereocenters. The van der Waals surface area contributed by atoms with Gasteiger partial charge in [-0.25, -0.2) is 4.79 Å². The zero-order valence-corrected chi connectivity index (χ0v) is 18.4. The van der Waals surface area contributed by atoms with E-state index >= 15 is 0 Å². The third kappa shape index (κ3) is 4.57. The van der Waals surface area contributed by atoms with E-state index in [4.69, 9.17) is 14.2 Å². The first-order chi connectivity index (χ1) is 12.5. The summed E-state index contributed by atoms with van der Waals surface area (Å²) in [5.74, 6) is 0.367. The van der Waals surface area contributed by atoms with Gasteiger partial charge < -0.3 is 14.2 Å². The molecule has 0 spiro atoms.